The summed E-state index contributed by atoms with van der Waals surface area (Å²) in [6, 6.07) is 0. The molecule has 24 nitrogen and oxygen atoms in total. The minimum Gasteiger partial charge on any atom is -0.467 e. The average molecular weight is 747 g/mol. The zero-order chi connectivity index (χ0) is 34.2. The normalized spacial score (nSPS) is 33.2. The minimum atomic E-state index is -5.56. The molecule has 0 aromatic heterocycles. The lowest BCUT2D eigenvalue weighted by Gasteiger charge is -2.48. The zero-order valence-electron chi connectivity index (χ0n) is 23.5. The van der Waals surface area contributed by atoms with Gasteiger partial charge in [-0.05, 0) is 0 Å². The molecule has 28 heteroatoms. The van der Waals surface area contributed by atoms with Crippen molar-refractivity contribution in [1.29, 1.82) is 0 Å². The van der Waals surface area contributed by atoms with Crippen LogP contribution < -0.4 is 0 Å². The number of carbonyl (C=O) groups is 1. The molecule has 2 heterocycles. The molecule has 0 spiro atoms. The van der Waals surface area contributed by atoms with E-state index in [1.165, 1.54) is 0 Å². The monoisotopic (exact) mass is 746 g/mol. The van der Waals surface area contributed by atoms with Gasteiger partial charge in [-0.1, -0.05) is 5.04 Å². The third-order valence-electron chi connectivity index (χ3n) is 5.71. The lowest BCUT2D eigenvalue weighted by molar-refractivity contribution is -0.450. The molecule has 3 N–H and O–H groups in total. The van der Waals surface area contributed by atoms with Crippen LogP contribution in [0, 0.1) is 0 Å². The van der Waals surface area contributed by atoms with Crippen LogP contribution in [0.2, 0.25) is 0 Å². The fraction of sp³-hybridized carbons (Fsp3) is 0.941. The van der Waals surface area contributed by atoms with Crippen LogP contribution in [0.15, 0.2) is 0 Å². The predicted octanol–water partition coefficient (Wildman–Crippen LogP) is -2.68. The Hall–Kier alpha value is -0.970. The Bertz CT molecular complexity index is 1260. The Morgan fingerprint density at radius 3 is 1.80 bits per heavy atom. The molecule has 5 unspecified atom stereocenters. The average Bonchev–Trinajstić information content (AvgIpc) is 2.93. The quantitative estimate of drug-likeness (QED) is 0.0321. The molecule has 2 saturated heterocycles. The van der Waals surface area contributed by atoms with Crippen LogP contribution >= 0.6 is 12.3 Å². The second-order valence-electron chi connectivity index (χ2n) is 8.35. The van der Waals surface area contributed by atoms with Crippen molar-refractivity contribution in [2.45, 2.75) is 61.4 Å². The highest BCUT2D eigenvalue weighted by Gasteiger charge is 2.57. The third-order valence-corrected chi connectivity index (χ3v) is 7.48. The summed E-state index contributed by atoms with van der Waals surface area (Å²) in [5.74, 6) is -1.11. The van der Waals surface area contributed by atoms with E-state index in [2.05, 4.69) is 26.8 Å². The van der Waals surface area contributed by atoms with Gasteiger partial charge < -0.3 is 33.2 Å². The van der Waals surface area contributed by atoms with Gasteiger partial charge in [0.1, 0.15) is 36.6 Å². The van der Waals surface area contributed by atoms with Crippen LogP contribution in [-0.4, -0.2) is 148 Å². The highest BCUT2D eigenvalue weighted by Crippen LogP contribution is 2.36. The largest absolute Gasteiger partial charge is 0.467 e. The fourth-order valence-corrected chi connectivity index (χ4v) is 5.81. The molecule has 0 aliphatic carbocycles. The summed E-state index contributed by atoms with van der Waals surface area (Å²) in [4.78, 5) is 16.9. The summed E-state index contributed by atoms with van der Waals surface area (Å²) in [7, 11) is -11.0. The first kappa shape index (κ1) is 40.2. The first-order valence-electron chi connectivity index (χ1n) is 11.6. The molecule has 45 heavy (non-hydrogen) atoms. The molecule has 0 radical (unpaired) electrons. The van der Waals surface area contributed by atoms with Crippen molar-refractivity contribution in [2.24, 2.45) is 0 Å². The van der Waals surface area contributed by atoms with Crippen LogP contribution in [0.5, 0.6) is 0 Å². The first-order chi connectivity index (χ1) is 20.9. The Balaban J connectivity index is 2.63. The van der Waals surface area contributed by atoms with Crippen molar-refractivity contribution in [3.05, 3.63) is 0 Å². The molecule has 2 rings (SSSR count). The second kappa shape index (κ2) is 17.4. The lowest BCUT2D eigenvalue weighted by Crippen LogP contribution is -2.67. The first-order valence-corrected chi connectivity index (χ1v) is 16.4. The van der Waals surface area contributed by atoms with E-state index in [0.717, 1.165) is 35.5 Å². The van der Waals surface area contributed by atoms with Gasteiger partial charge >= 0.3 is 37.2 Å². The number of rotatable bonds is 18. The van der Waals surface area contributed by atoms with Crippen LogP contribution in [0.3, 0.4) is 0 Å². The maximum atomic E-state index is 12.7. The Kier molecular flexibility index (Phi) is 15.6. The molecule has 0 aromatic carbocycles. The van der Waals surface area contributed by atoms with Crippen LogP contribution in [0.1, 0.15) is 0 Å². The molecule has 0 saturated carbocycles. The van der Waals surface area contributed by atoms with E-state index >= 15 is 0 Å². The molecule has 0 bridgehead atoms. The topological polar surface area (TPSA) is 309 Å². The molecule has 0 amide bonds. The number of ether oxygens (including phenoxy) is 7. The highest BCUT2D eigenvalue weighted by atomic mass is 32.3. The van der Waals surface area contributed by atoms with Crippen molar-refractivity contribution in [1.82, 2.24) is 0 Å². The van der Waals surface area contributed by atoms with Gasteiger partial charge in [0, 0.05) is 21.3 Å². The molecule has 2 aliphatic heterocycles. The highest BCUT2D eigenvalue weighted by molar-refractivity contribution is 7.89. The van der Waals surface area contributed by atoms with Gasteiger partial charge in [0.05, 0.1) is 20.8 Å². The number of carbonyl (C=O) groups excluding carboxylic acids is 1. The van der Waals surface area contributed by atoms with Crippen LogP contribution in [0.4, 0.5) is 0 Å². The molecule has 2 fully saturated rings. The van der Waals surface area contributed by atoms with E-state index in [1.54, 1.807) is 0 Å². The Morgan fingerprint density at radius 2 is 1.31 bits per heavy atom. The fourth-order valence-electron chi connectivity index (χ4n) is 4.12. The predicted molar refractivity (Wildman–Crippen MR) is 135 cm³/mol. The maximum Gasteiger partial charge on any atom is 0.397 e. The van der Waals surface area contributed by atoms with Crippen molar-refractivity contribution in [3.8, 4) is 0 Å². The Labute approximate surface area is 260 Å². The summed E-state index contributed by atoms with van der Waals surface area (Å²) in [6.07, 6.45) is -18.8. The van der Waals surface area contributed by atoms with Gasteiger partial charge in [0.15, 0.2) is 37.1 Å². The van der Waals surface area contributed by atoms with Crippen molar-refractivity contribution in [2.75, 3.05) is 42.2 Å². The molecule has 10 atom stereocenters. The summed E-state index contributed by atoms with van der Waals surface area (Å²) in [6.45, 7) is -1.22. The molecular weight excluding hydrogens is 716 g/mol. The summed E-state index contributed by atoms with van der Waals surface area (Å²) in [5.41, 5.74) is 0. The minimum absolute atomic E-state index is 0.155. The van der Waals surface area contributed by atoms with E-state index in [9.17, 15) is 39.2 Å². The van der Waals surface area contributed by atoms with E-state index in [-0.39, 0.29) is 12.3 Å². The molecule has 2 aliphatic rings. The summed E-state index contributed by atoms with van der Waals surface area (Å²) >= 11 is 0.155. The van der Waals surface area contributed by atoms with E-state index < -0.39 is 105 Å². The van der Waals surface area contributed by atoms with E-state index in [0.29, 0.717) is 0 Å². The third kappa shape index (κ3) is 12.2. The molecular formula is C17H30O24S4. The molecule has 266 valence electrons. The number of hydrogen-bond donors (Lipinski definition) is 3. The van der Waals surface area contributed by atoms with Crippen molar-refractivity contribution >= 4 is 49.5 Å². The van der Waals surface area contributed by atoms with E-state index in [1.807, 2.05) is 0 Å². The van der Waals surface area contributed by atoms with Gasteiger partial charge in [0.2, 0.25) is 0 Å². The maximum absolute atomic E-state index is 12.7. The number of esters is 1. The zero-order valence-corrected chi connectivity index (χ0v) is 26.8. The molecule has 0 aromatic rings. The van der Waals surface area contributed by atoms with Gasteiger partial charge in [0.25, 0.3) is 0 Å². The summed E-state index contributed by atoms with van der Waals surface area (Å²) < 4.78 is 158. The SMILES string of the molecule is COOOSO[C@H]1C(C(=O)OC)O[C@@H](O[C@@H]2C(COS(=O)(=O)O)O[C@H](OC)C(OS(=O)(=O)O)C2OS(=O)(=O)O)[C@@H](OC)C1OC. The second-order valence-corrected chi connectivity index (χ2v) is 12.0. The Morgan fingerprint density at radius 1 is 0.711 bits per heavy atom. The van der Waals surface area contributed by atoms with Gasteiger partial charge in [-0.25, -0.2) is 22.2 Å². The van der Waals surface area contributed by atoms with Gasteiger partial charge in [-0.2, -0.15) is 25.3 Å². The number of hydrogen-bond acceptors (Lipinski definition) is 22. The van der Waals surface area contributed by atoms with Crippen LogP contribution in [-0.2, 0) is 100 Å². The van der Waals surface area contributed by atoms with Crippen molar-refractivity contribution in [3.63, 3.8) is 0 Å². The van der Waals surface area contributed by atoms with Crippen LogP contribution in [0.25, 0.3) is 0 Å². The lowest BCUT2D eigenvalue weighted by atomic mass is 9.96. The summed E-state index contributed by atoms with van der Waals surface area (Å²) in [5, 5.41) is 4.19. The number of methoxy groups -OCH3 is 4. The van der Waals surface area contributed by atoms with Gasteiger partial charge in [-0.15, -0.1) is 4.33 Å². The standard InChI is InChI=1S/C17H30O24S4/c1-28-9-10(37-42-41-40-32-5)12(15(18)30-3)36-17(13(9)29-2)35-8-7(6-33-43(19,20)21)34-16(31-4)14(39-45(25,26)27)11(8)38-44(22,23)24/h7-14,16-17H,6H2,1-5H3,(H,19,20,21)(H,22,23,24)(H,25,26,27)/t7?,8-,9?,10-,11?,12?,13+,14?,16+,17-/m1/s1. The van der Waals surface area contributed by atoms with E-state index in [4.69, 9.17) is 41.9 Å². The smallest absolute Gasteiger partial charge is 0.397 e. The van der Waals surface area contributed by atoms with Crippen molar-refractivity contribution < 1.29 is 108 Å². The van der Waals surface area contributed by atoms with Gasteiger partial charge in [-0.3, -0.25) is 17.8 Å².